The molecule has 1 aliphatic rings. The summed E-state index contributed by atoms with van der Waals surface area (Å²) in [4.78, 5) is 15.8. The van der Waals surface area contributed by atoms with Crippen molar-refractivity contribution in [2.75, 3.05) is 31.1 Å². The van der Waals surface area contributed by atoms with Gasteiger partial charge in [-0.15, -0.1) is 0 Å². The number of hydrogen-bond donors (Lipinski definition) is 0. The fraction of sp³-hybridized carbons (Fsp3) is 0.316. The Morgan fingerprint density at radius 3 is 2.03 bits per heavy atom. The Kier molecular flexibility index (Phi) is 6.02. The lowest BCUT2D eigenvalue weighted by Gasteiger charge is -2.36. The first-order chi connectivity index (χ1) is 13.5. The van der Waals surface area contributed by atoms with Gasteiger partial charge in [-0.05, 0) is 54.2 Å². The third-order valence-electron chi connectivity index (χ3n) is 4.44. The zero-order chi connectivity index (χ0) is 21.2. The van der Waals surface area contributed by atoms with Crippen LogP contribution in [0.4, 0.5) is 32.0 Å². The molecule has 156 valence electrons. The summed E-state index contributed by atoms with van der Waals surface area (Å²) >= 11 is -0.254. The predicted molar refractivity (Wildman–Crippen MR) is 97.9 cm³/mol. The molecule has 3 rings (SSSR count). The smallest absolute Gasteiger partial charge is 0.368 e. The summed E-state index contributed by atoms with van der Waals surface area (Å²) in [6.45, 7) is 1.31. The van der Waals surface area contributed by atoms with Crippen LogP contribution in [0.25, 0.3) is 0 Å². The fourth-order valence-electron chi connectivity index (χ4n) is 3.03. The summed E-state index contributed by atoms with van der Waals surface area (Å²) in [7, 11) is 0. The molecule has 0 radical (unpaired) electrons. The number of thioether (sulfide) groups is 1. The Morgan fingerprint density at radius 2 is 1.48 bits per heavy atom. The van der Waals surface area contributed by atoms with Gasteiger partial charge in [0.15, 0.2) is 0 Å². The highest BCUT2D eigenvalue weighted by molar-refractivity contribution is 8.00. The van der Waals surface area contributed by atoms with Crippen LogP contribution in [0, 0.1) is 0 Å². The van der Waals surface area contributed by atoms with Crippen molar-refractivity contribution in [3.05, 3.63) is 59.7 Å². The summed E-state index contributed by atoms with van der Waals surface area (Å²) in [5.74, 6) is -0.322. The number of nitrogens with zero attached hydrogens (tertiary/aromatic N) is 2. The first-order valence-corrected chi connectivity index (χ1v) is 9.42. The summed E-state index contributed by atoms with van der Waals surface area (Å²) < 4.78 is 75.8. The molecule has 1 heterocycles. The average molecular weight is 434 g/mol. The van der Waals surface area contributed by atoms with E-state index in [1.54, 1.807) is 11.0 Å². The number of carbonyl (C=O) groups is 1. The average Bonchev–Trinajstić information content (AvgIpc) is 2.66. The zero-order valence-corrected chi connectivity index (χ0v) is 15.7. The maximum absolute atomic E-state index is 12.9. The van der Waals surface area contributed by atoms with E-state index in [4.69, 9.17) is 0 Å². The molecular formula is C19H16F6N2OS. The minimum absolute atomic E-state index is 0.0107. The highest BCUT2D eigenvalue weighted by Gasteiger charge is 2.32. The van der Waals surface area contributed by atoms with Crippen molar-refractivity contribution >= 4 is 23.4 Å². The van der Waals surface area contributed by atoms with E-state index < -0.39 is 17.2 Å². The van der Waals surface area contributed by atoms with Crippen LogP contribution >= 0.6 is 11.8 Å². The van der Waals surface area contributed by atoms with E-state index in [0.717, 1.165) is 12.1 Å². The Bertz CT molecular complexity index is 858. The van der Waals surface area contributed by atoms with Gasteiger partial charge in [-0.3, -0.25) is 4.79 Å². The molecule has 0 aromatic heterocycles. The van der Waals surface area contributed by atoms with Crippen molar-refractivity contribution < 1.29 is 31.1 Å². The van der Waals surface area contributed by atoms with Crippen LogP contribution in [0.15, 0.2) is 53.4 Å². The highest BCUT2D eigenvalue weighted by Crippen LogP contribution is 2.37. The van der Waals surface area contributed by atoms with E-state index in [-0.39, 0.29) is 28.1 Å². The van der Waals surface area contributed by atoms with Crippen molar-refractivity contribution in [3.8, 4) is 0 Å². The SMILES string of the molecule is O=C(c1ccc(SC(F)(F)F)cc1)N1CCN(c2cccc(C(F)(F)F)c2)CC1. The normalized spacial score (nSPS) is 15.5. The molecule has 0 bridgehead atoms. The number of alkyl halides is 6. The van der Waals surface area contributed by atoms with E-state index in [1.165, 1.54) is 35.2 Å². The third-order valence-corrected chi connectivity index (χ3v) is 5.18. The first-order valence-electron chi connectivity index (χ1n) is 8.60. The summed E-state index contributed by atoms with van der Waals surface area (Å²) in [6, 6.07) is 10.2. The molecule has 0 unspecified atom stereocenters. The van der Waals surface area contributed by atoms with Gasteiger partial charge in [0.1, 0.15) is 0 Å². The molecule has 0 atom stereocenters. The van der Waals surface area contributed by atoms with Gasteiger partial charge in [0.2, 0.25) is 0 Å². The number of benzene rings is 2. The Balaban J connectivity index is 1.61. The van der Waals surface area contributed by atoms with Gasteiger partial charge in [-0.25, -0.2) is 0 Å². The van der Waals surface area contributed by atoms with Gasteiger partial charge < -0.3 is 9.80 Å². The number of anilines is 1. The second kappa shape index (κ2) is 8.17. The monoisotopic (exact) mass is 434 g/mol. The van der Waals surface area contributed by atoms with E-state index in [9.17, 15) is 31.1 Å². The minimum atomic E-state index is -4.43. The number of piperazine rings is 1. The molecule has 0 N–H and O–H groups in total. The number of carbonyl (C=O) groups excluding carboxylic acids is 1. The molecule has 0 aliphatic carbocycles. The van der Waals surface area contributed by atoms with E-state index in [2.05, 4.69) is 0 Å². The van der Waals surface area contributed by atoms with Crippen LogP contribution in [0.1, 0.15) is 15.9 Å². The van der Waals surface area contributed by atoms with Gasteiger partial charge in [-0.1, -0.05) is 6.07 Å². The molecule has 2 aromatic rings. The van der Waals surface area contributed by atoms with E-state index in [0.29, 0.717) is 31.9 Å². The molecule has 2 aromatic carbocycles. The second-order valence-corrected chi connectivity index (χ2v) is 7.54. The lowest BCUT2D eigenvalue weighted by Crippen LogP contribution is -2.48. The van der Waals surface area contributed by atoms with Crippen LogP contribution < -0.4 is 4.90 Å². The quantitative estimate of drug-likeness (QED) is 0.485. The number of hydrogen-bond acceptors (Lipinski definition) is 3. The number of rotatable bonds is 3. The van der Waals surface area contributed by atoms with Crippen molar-refractivity contribution in [2.45, 2.75) is 16.6 Å². The van der Waals surface area contributed by atoms with Crippen molar-refractivity contribution in [1.29, 1.82) is 0 Å². The molecule has 1 aliphatic heterocycles. The number of halogens is 6. The first kappa shape index (κ1) is 21.4. The van der Waals surface area contributed by atoms with Crippen LogP contribution in [-0.2, 0) is 6.18 Å². The molecule has 29 heavy (non-hydrogen) atoms. The Morgan fingerprint density at radius 1 is 0.862 bits per heavy atom. The predicted octanol–water partition coefficient (Wildman–Crippen LogP) is 5.28. The fourth-order valence-corrected chi connectivity index (χ4v) is 3.57. The lowest BCUT2D eigenvalue weighted by molar-refractivity contribution is -0.137. The summed E-state index contributed by atoms with van der Waals surface area (Å²) in [5, 5.41) is 0. The molecule has 1 saturated heterocycles. The maximum Gasteiger partial charge on any atom is 0.446 e. The Labute approximate surface area is 167 Å². The molecule has 0 spiro atoms. The van der Waals surface area contributed by atoms with Crippen molar-refractivity contribution in [2.24, 2.45) is 0 Å². The van der Waals surface area contributed by atoms with Gasteiger partial charge in [0.25, 0.3) is 5.91 Å². The van der Waals surface area contributed by atoms with Crippen LogP contribution in [0.5, 0.6) is 0 Å². The molecule has 0 saturated carbocycles. The van der Waals surface area contributed by atoms with Crippen LogP contribution in [0.3, 0.4) is 0 Å². The van der Waals surface area contributed by atoms with Crippen molar-refractivity contribution in [3.63, 3.8) is 0 Å². The third kappa shape index (κ3) is 5.59. The van der Waals surface area contributed by atoms with Gasteiger partial charge >= 0.3 is 11.7 Å². The summed E-state index contributed by atoms with van der Waals surface area (Å²) in [6.07, 6.45) is -4.43. The van der Waals surface area contributed by atoms with Crippen LogP contribution in [-0.4, -0.2) is 42.5 Å². The number of amides is 1. The van der Waals surface area contributed by atoms with Crippen molar-refractivity contribution in [1.82, 2.24) is 4.90 Å². The van der Waals surface area contributed by atoms with Gasteiger partial charge in [0, 0.05) is 42.3 Å². The summed E-state index contributed by atoms with van der Waals surface area (Å²) in [5.41, 5.74) is -4.43. The topological polar surface area (TPSA) is 23.6 Å². The molecule has 1 amide bonds. The van der Waals surface area contributed by atoms with Gasteiger partial charge in [-0.2, -0.15) is 26.3 Å². The highest BCUT2D eigenvalue weighted by atomic mass is 32.2. The molecule has 3 nitrogen and oxygen atoms in total. The van der Waals surface area contributed by atoms with E-state index >= 15 is 0 Å². The maximum atomic E-state index is 12.9. The second-order valence-electron chi connectivity index (χ2n) is 6.40. The Hall–Kier alpha value is -2.36. The molecule has 10 heteroatoms. The zero-order valence-electron chi connectivity index (χ0n) is 14.9. The molecule has 1 fully saturated rings. The molecular weight excluding hydrogens is 418 g/mol. The largest absolute Gasteiger partial charge is 0.446 e. The van der Waals surface area contributed by atoms with Gasteiger partial charge in [0.05, 0.1) is 5.56 Å². The minimum Gasteiger partial charge on any atom is -0.368 e. The van der Waals surface area contributed by atoms with Crippen LogP contribution in [0.2, 0.25) is 0 Å². The standard InChI is InChI=1S/C19H16F6N2OS/c20-18(21,22)14-2-1-3-15(12-14)26-8-10-27(11-9-26)17(28)13-4-6-16(7-5-13)29-19(23,24)25/h1-7,12H,8-11H2. The lowest BCUT2D eigenvalue weighted by atomic mass is 10.1. The van der Waals surface area contributed by atoms with E-state index in [1.807, 2.05) is 0 Å².